The molecule has 3 rings (SSSR count). The average Bonchev–Trinajstić information content (AvgIpc) is 3.07. The molecular formula is C11H15NO3. The van der Waals surface area contributed by atoms with Crippen LogP contribution in [0.5, 0.6) is 0 Å². The SMILES string of the molecule is O=C(O)CN(C(=O)C1CC12CC2)C1CC1. The van der Waals surface area contributed by atoms with Crippen LogP contribution in [-0.2, 0) is 9.59 Å². The van der Waals surface area contributed by atoms with E-state index in [0.29, 0.717) is 5.41 Å². The first-order chi connectivity index (χ1) is 7.12. The lowest BCUT2D eigenvalue weighted by Crippen LogP contribution is -2.38. The smallest absolute Gasteiger partial charge is 0.323 e. The Balaban J connectivity index is 1.66. The van der Waals surface area contributed by atoms with Crippen LogP contribution in [0.3, 0.4) is 0 Å². The van der Waals surface area contributed by atoms with Crippen LogP contribution in [0.1, 0.15) is 32.1 Å². The molecule has 3 aliphatic rings. The van der Waals surface area contributed by atoms with Crippen LogP contribution in [0, 0.1) is 11.3 Å². The second-order valence-electron chi connectivity index (χ2n) is 5.21. The fourth-order valence-electron chi connectivity index (χ4n) is 2.53. The summed E-state index contributed by atoms with van der Waals surface area (Å²) in [5.41, 5.74) is 0.336. The van der Waals surface area contributed by atoms with Gasteiger partial charge in [0.1, 0.15) is 6.54 Å². The molecule has 3 saturated carbocycles. The molecule has 1 unspecified atom stereocenters. The quantitative estimate of drug-likeness (QED) is 0.747. The molecule has 1 N–H and O–H groups in total. The molecule has 0 aliphatic heterocycles. The predicted octanol–water partition coefficient (Wildman–Crippen LogP) is 0.862. The van der Waals surface area contributed by atoms with Gasteiger partial charge in [0.2, 0.25) is 5.91 Å². The summed E-state index contributed by atoms with van der Waals surface area (Å²) in [5, 5.41) is 8.76. The van der Waals surface area contributed by atoms with Gasteiger partial charge in [0.25, 0.3) is 0 Å². The van der Waals surface area contributed by atoms with E-state index >= 15 is 0 Å². The standard InChI is InChI=1S/C11H15NO3/c13-9(14)6-12(7-1-2-7)10(15)8-5-11(8)3-4-11/h7-8H,1-6H2,(H,13,14). The third-order valence-corrected chi connectivity index (χ3v) is 3.96. The molecule has 0 aromatic heterocycles. The molecule has 4 heteroatoms. The Morgan fingerprint density at radius 2 is 2.00 bits per heavy atom. The van der Waals surface area contributed by atoms with Gasteiger partial charge in [-0.2, -0.15) is 0 Å². The van der Waals surface area contributed by atoms with Crippen molar-refractivity contribution in [2.24, 2.45) is 11.3 Å². The van der Waals surface area contributed by atoms with Crippen LogP contribution in [0.25, 0.3) is 0 Å². The third-order valence-electron chi connectivity index (χ3n) is 3.96. The van der Waals surface area contributed by atoms with Crippen LogP contribution in [-0.4, -0.2) is 34.5 Å². The first-order valence-electron chi connectivity index (χ1n) is 5.65. The molecule has 0 saturated heterocycles. The highest BCUT2D eigenvalue weighted by Crippen LogP contribution is 2.71. The number of hydrogen-bond acceptors (Lipinski definition) is 2. The number of amides is 1. The van der Waals surface area contributed by atoms with Gasteiger partial charge in [-0.05, 0) is 37.5 Å². The van der Waals surface area contributed by atoms with Gasteiger partial charge in [-0.25, -0.2) is 0 Å². The van der Waals surface area contributed by atoms with Crippen LogP contribution in [0.15, 0.2) is 0 Å². The summed E-state index contributed by atoms with van der Waals surface area (Å²) in [6.45, 7) is -0.101. The van der Waals surface area contributed by atoms with Crippen molar-refractivity contribution >= 4 is 11.9 Å². The number of carboxylic acid groups (broad SMARTS) is 1. The predicted molar refractivity (Wildman–Crippen MR) is 52.1 cm³/mol. The molecule has 1 amide bonds. The van der Waals surface area contributed by atoms with Gasteiger partial charge in [-0.1, -0.05) is 0 Å². The molecule has 82 valence electrons. The molecule has 15 heavy (non-hydrogen) atoms. The van der Waals surface area contributed by atoms with Gasteiger partial charge in [-0.15, -0.1) is 0 Å². The molecule has 0 aromatic rings. The van der Waals surface area contributed by atoms with Crippen molar-refractivity contribution in [3.8, 4) is 0 Å². The van der Waals surface area contributed by atoms with Crippen LogP contribution in [0.4, 0.5) is 0 Å². The molecule has 3 aliphatic carbocycles. The fraction of sp³-hybridized carbons (Fsp3) is 0.818. The van der Waals surface area contributed by atoms with Crippen LogP contribution >= 0.6 is 0 Å². The summed E-state index contributed by atoms with van der Waals surface area (Å²) in [5.74, 6) is -0.615. The maximum absolute atomic E-state index is 12.0. The van der Waals surface area contributed by atoms with Crippen molar-refractivity contribution < 1.29 is 14.7 Å². The number of carbonyl (C=O) groups is 2. The fourth-order valence-corrected chi connectivity index (χ4v) is 2.53. The summed E-state index contributed by atoms with van der Waals surface area (Å²) in [6.07, 6.45) is 5.33. The zero-order valence-electron chi connectivity index (χ0n) is 8.61. The lowest BCUT2D eigenvalue weighted by molar-refractivity contribution is -0.145. The van der Waals surface area contributed by atoms with E-state index in [9.17, 15) is 9.59 Å². The first kappa shape index (κ1) is 9.19. The summed E-state index contributed by atoms with van der Waals surface area (Å²) >= 11 is 0. The molecule has 0 heterocycles. The van der Waals surface area contributed by atoms with Crippen molar-refractivity contribution in [2.75, 3.05) is 6.54 Å². The van der Waals surface area contributed by atoms with Crippen molar-refractivity contribution in [3.63, 3.8) is 0 Å². The minimum atomic E-state index is -0.888. The van der Waals surface area contributed by atoms with E-state index in [1.807, 2.05) is 0 Å². The largest absolute Gasteiger partial charge is 0.480 e. The van der Waals surface area contributed by atoms with Gasteiger partial charge in [0.15, 0.2) is 0 Å². The highest BCUT2D eigenvalue weighted by molar-refractivity contribution is 5.87. The number of hydrogen-bond donors (Lipinski definition) is 1. The Morgan fingerprint density at radius 1 is 1.33 bits per heavy atom. The molecule has 4 nitrogen and oxygen atoms in total. The number of nitrogens with zero attached hydrogens (tertiary/aromatic N) is 1. The minimum absolute atomic E-state index is 0.101. The van der Waals surface area contributed by atoms with Crippen molar-refractivity contribution in [1.29, 1.82) is 0 Å². The normalized spacial score (nSPS) is 30.0. The summed E-state index contributed by atoms with van der Waals surface area (Å²) < 4.78 is 0. The van der Waals surface area contributed by atoms with Crippen molar-refractivity contribution in [1.82, 2.24) is 4.90 Å². The third kappa shape index (κ3) is 1.52. The van der Waals surface area contributed by atoms with Crippen LogP contribution in [0.2, 0.25) is 0 Å². The molecule has 0 radical (unpaired) electrons. The summed E-state index contributed by atoms with van der Waals surface area (Å²) in [4.78, 5) is 24.3. The second-order valence-corrected chi connectivity index (χ2v) is 5.21. The van der Waals surface area contributed by atoms with E-state index in [4.69, 9.17) is 5.11 Å². The molecule has 1 atom stereocenters. The second kappa shape index (κ2) is 2.74. The topological polar surface area (TPSA) is 57.6 Å². The summed E-state index contributed by atoms with van der Waals surface area (Å²) in [7, 11) is 0. The maximum Gasteiger partial charge on any atom is 0.323 e. The lowest BCUT2D eigenvalue weighted by Gasteiger charge is -2.20. The van der Waals surface area contributed by atoms with Gasteiger partial charge in [-0.3, -0.25) is 9.59 Å². The lowest BCUT2D eigenvalue weighted by atomic mass is 10.2. The Labute approximate surface area is 88.2 Å². The first-order valence-corrected chi connectivity index (χ1v) is 5.65. The van der Waals surface area contributed by atoms with E-state index in [0.717, 1.165) is 19.3 Å². The van der Waals surface area contributed by atoms with Gasteiger partial charge < -0.3 is 10.0 Å². The van der Waals surface area contributed by atoms with E-state index in [1.165, 1.54) is 12.8 Å². The van der Waals surface area contributed by atoms with E-state index < -0.39 is 5.97 Å². The van der Waals surface area contributed by atoms with Gasteiger partial charge in [0, 0.05) is 12.0 Å². The van der Waals surface area contributed by atoms with Crippen LogP contribution < -0.4 is 0 Å². The zero-order valence-corrected chi connectivity index (χ0v) is 8.61. The Morgan fingerprint density at radius 3 is 2.40 bits per heavy atom. The maximum atomic E-state index is 12.0. The monoisotopic (exact) mass is 209 g/mol. The highest BCUT2D eigenvalue weighted by atomic mass is 16.4. The van der Waals surface area contributed by atoms with E-state index in [2.05, 4.69) is 0 Å². The molecule has 0 bridgehead atoms. The molecule has 0 aromatic carbocycles. The van der Waals surface area contributed by atoms with Gasteiger partial charge >= 0.3 is 5.97 Å². The van der Waals surface area contributed by atoms with Gasteiger partial charge in [0.05, 0.1) is 0 Å². The van der Waals surface area contributed by atoms with Crippen molar-refractivity contribution in [3.05, 3.63) is 0 Å². The minimum Gasteiger partial charge on any atom is -0.480 e. The average molecular weight is 209 g/mol. The number of aliphatic carboxylic acids is 1. The zero-order chi connectivity index (χ0) is 10.6. The summed E-state index contributed by atoms with van der Waals surface area (Å²) in [6, 6.07) is 0.227. The van der Waals surface area contributed by atoms with E-state index in [-0.39, 0.29) is 24.4 Å². The Kier molecular flexibility index (Phi) is 1.68. The van der Waals surface area contributed by atoms with Crippen molar-refractivity contribution in [2.45, 2.75) is 38.1 Å². The molecule has 1 spiro atoms. The highest BCUT2D eigenvalue weighted by Gasteiger charge is 2.66. The Hall–Kier alpha value is -1.06. The molecule has 3 fully saturated rings. The number of carboxylic acids is 1. The number of carbonyl (C=O) groups excluding carboxylic acids is 1. The number of rotatable bonds is 4. The molecular weight excluding hydrogens is 194 g/mol. The Bertz CT molecular complexity index is 331. The van der Waals surface area contributed by atoms with E-state index in [1.54, 1.807) is 4.90 Å².